The summed E-state index contributed by atoms with van der Waals surface area (Å²) in [6, 6.07) is 13.4. The first-order chi connectivity index (χ1) is 18.5. The lowest BCUT2D eigenvalue weighted by Crippen LogP contribution is -2.42. The third kappa shape index (κ3) is 5.89. The third-order valence-corrected chi connectivity index (χ3v) is 6.39. The van der Waals surface area contributed by atoms with Crippen molar-refractivity contribution < 1.29 is 14.3 Å². The number of benzene rings is 2. The Kier molecular flexibility index (Phi) is 8.81. The first-order valence-electron chi connectivity index (χ1n) is 12.9. The zero-order valence-electron chi connectivity index (χ0n) is 22.8. The van der Waals surface area contributed by atoms with E-state index in [1.807, 2.05) is 25.1 Å². The second-order valence-corrected chi connectivity index (χ2v) is 9.00. The van der Waals surface area contributed by atoms with E-state index >= 15 is 0 Å². The normalized spacial score (nSPS) is 13.3. The van der Waals surface area contributed by atoms with Crippen LogP contribution in [0.15, 0.2) is 60.9 Å². The molecule has 4 rings (SSSR count). The van der Waals surface area contributed by atoms with Crippen molar-refractivity contribution in [3.63, 3.8) is 0 Å². The Morgan fingerprint density at radius 3 is 2.55 bits per heavy atom. The molecule has 2 amide bonds. The largest absolute Gasteiger partial charge is 0.497 e. The molecule has 1 aliphatic rings. The molecule has 1 aliphatic heterocycles. The predicted octanol–water partition coefficient (Wildman–Crippen LogP) is 6.08. The number of carbonyl (C=O) groups is 1. The average molecular weight is 517 g/mol. The summed E-state index contributed by atoms with van der Waals surface area (Å²) >= 11 is 0. The SMILES string of the molecule is C/C=C\N1Cc2cnc(Nc3ccc(CN(CC)CCC)cc3)nc2N(c2ccc(OC)cc2OC)C1=O. The summed E-state index contributed by atoms with van der Waals surface area (Å²) in [6.07, 6.45) is 6.48. The van der Waals surface area contributed by atoms with Gasteiger partial charge in [-0.2, -0.15) is 4.98 Å². The maximum Gasteiger partial charge on any atom is 0.334 e. The minimum Gasteiger partial charge on any atom is -0.497 e. The first-order valence-corrected chi connectivity index (χ1v) is 12.9. The van der Waals surface area contributed by atoms with Crippen molar-refractivity contribution in [2.24, 2.45) is 0 Å². The average Bonchev–Trinajstić information content (AvgIpc) is 2.94. The number of nitrogens with zero attached hydrogens (tertiary/aromatic N) is 5. The van der Waals surface area contributed by atoms with E-state index in [1.54, 1.807) is 54.6 Å². The molecular weight excluding hydrogens is 480 g/mol. The molecule has 200 valence electrons. The van der Waals surface area contributed by atoms with Gasteiger partial charge in [0.25, 0.3) is 0 Å². The van der Waals surface area contributed by atoms with Crippen molar-refractivity contribution in [1.29, 1.82) is 0 Å². The highest BCUT2D eigenvalue weighted by atomic mass is 16.5. The smallest absolute Gasteiger partial charge is 0.334 e. The number of anilines is 4. The molecule has 0 fully saturated rings. The zero-order chi connectivity index (χ0) is 27.1. The van der Waals surface area contributed by atoms with Gasteiger partial charge in [-0.3, -0.25) is 9.80 Å². The summed E-state index contributed by atoms with van der Waals surface area (Å²) in [5.41, 5.74) is 3.51. The lowest BCUT2D eigenvalue weighted by Gasteiger charge is -2.35. The summed E-state index contributed by atoms with van der Waals surface area (Å²) in [6.45, 7) is 9.66. The van der Waals surface area contributed by atoms with Crippen LogP contribution in [0.3, 0.4) is 0 Å². The molecule has 38 heavy (non-hydrogen) atoms. The Hall–Kier alpha value is -4.11. The van der Waals surface area contributed by atoms with E-state index in [-0.39, 0.29) is 6.03 Å². The molecule has 2 heterocycles. The van der Waals surface area contributed by atoms with Crippen LogP contribution in [0.2, 0.25) is 0 Å². The van der Waals surface area contributed by atoms with Crippen molar-refractivity contribution in [2.75, 3.05) is 37.5 Å². The molecule has 1 aromatic heterocycles. The Morgan fingerprint density at radius 2 is 1.89 bits per heavy atom. The first kappa shape index (κ1) is 26.9. The van der Waals surface area contributed by atoms with Crippen LogP contribution in [0.1, 0.15) is 38.3 Å². The number of hydrogen-bond acceptors (Lipinski definition) is 7. The number of amides is 2. The third-order valence-electron chi connectivity index (χ3n) is 6.39. The number of rotatable bonds is 11. The van der Waals surface area contributed by atoms with Crippen LogP contribution in [0.5, 0.6) is 11.5 Å². The van der Waals surface area contributed by atoms with Crippen LogP contribution in [0, 0.1) is 0 Å². The number of ether oxygens (including phenoxy) is 2. The van der Waals surface area contributed by atoms with Gasteiger partial charge >= 0.3 is 6.03 Å². The van der Waals surface area contributed by atoms with E-state index in [0.29, 0.717) is 35.5 Å². The van der Waals surface area contributed by atoms with Gasteiger partial charge in [-0.1, -0.05) is 32.1 Å². The molecular formula is C29H36N6O3. The highest BCUT2D eigenvalue weighted by molar-refractivity contribution is 6.02. The molecule has 0 aliphatic carbocycles. The van der Waals surface area contributed by atoms with Gasteiger partial charge < -0.3 is 14.8 Å². The highest BCUT2D eigenvalue weighted by Gasteiger charge is 2.34. The number of urea groups is 1. The van der Waals surface area contributed by atoms with Crippen LogP contribution in [0.4, 0.5) is 27.9 Å². The predicted molar refractivity (Wildman–Crippen MR) is 150 cm³/mol. The second-order valence-electron chi connectivity index (χ2n) is 9.00. The maximum absolute atomic E-state index is 13.6. The van der Waals surface area contributed by atoms with E-state index in [2.05, 4.69) is 41.2 Å². The lowest BCUT2D eigenvalue weighted by molar-refractivity contribution is 0.219. The van der Waals surface area contributed by atoms with Crippen molar-refractivity contribution in [3.8, 4) is 11.5 Å². The van der Waals surface area contributed by atoms with Crippen LogP contribution in [0.25, 0.3) is 0 Å². The summed E-state index contributed by atoms with van der Waals surface area (Å²) in [7, 11) is 3.15. The monoisotopic (exact) mass is 516 g/mol. The fraction of sp³-hybridized carbons (Fsp3) is 0.345. The molecule has 0 spiro atoms. The van der Waals surface area contributed by atoms with Crippen molar-refractivity contribution in [2.45, 2.75) is 40.3 Å². The zero-order valence-corrected chi connectivity index (χ0v) is 22.8. The summed E-state index contributed by atoms with van der Waals surface area (Å²) in [4.78, 5) is 28.5. The molecule has 0 radical (unpaired) electrons. The Bertz CT molecular complexity index is 1280. The molecule has 3 aromatic rings. The van der Waals surface area contributed by atoms with Gasteiger partial charge in [0.2, 0.25) is 5.95 Å². The van der Waals surface area contributed by atoms with E-state index in [4.69, 9.17) is 14.5 Å². The number of fused-ring (bicyclic) bond motifs is 1. The summed E-state index contributed by atoms with van der Waals surface area (Å²) < 4.78 is 11.0. The molecule has 1 N–H and O–H groups in total. The van der Waals surface area contributed by atoms with Gasteiger partial charge in [-0.15, -0.1) is 0 Å². The molecule has 9 nitrogen and oxygen atoms in total. The van der Waals surface area contributed by atoms with Crippen molar-refractivity contribution in [3.05, 3.63) is 72.1 Å². The van der Waals surface area contributed by atoms with Gasteiger partial charge in [0.1, 0.15) is 11.5 Å². The van der Waals surface area contributed by atoms with Gasteiger partial charge in [0, 0.05) is 36.3 Å². The minimum absolute atomic E-state index is 0.236. The molecule has 2 aromatic carbocycles. The van der Waals surface area contributed by atoms with Gasteiger partial charge in [-0.25, -0.2) is 14.7 Å². The molecule has 0 bridgehead atoms. The molecule has 9 heteroatoms. The molecule has 0 unspecified atom stereocenters. The number of allylic oxidation sites excluding steroid dienone is 1. The van der Waals surface area contributed by atoms with Crippen molar-refractivity contribution in [1.82, 2.24) is 19.8 Å². The summed E-state index contributed by atoms with van der Waals surface area (Å²) in [5.74, 6) is 2.04. The fourth-order valence-corrected chi connectivity index (χ4v) is 4.46. The molecule has 0 saturated carbocycles. The Balaban J connectivity index is 1.65. The second kappa shape index (κ2) is 12.4. The van der Waals surface area contributed by atoms with E-state index < -0.39 is 0 Å². The number of nitrogens with one attached hydrogen (secondary N) is 1. The van der Waals surface area contributed by atoms with Crippen molar-refractivity contribution >= 4 is 29.2 Å². The van der Waals surface area contributed by atoms with Crippen LogP contribution in [-0.4, -0.2) is 53.1 Å². The van der Waals surface area contributed by atoms with Gasteiger partial charge in [-0.05, 0) is 56.3 Å². The van der Waals surface area contributed by atoms with Crippen LogP contribution < -0.4 is 19.7 Å². The number of carbonyl (C=O) groups excluding carboxylic acids is 1. The van der Waals surface area contributed by atoms with Crippen LogP contribution in [-0.2, 0) is 13.1 Å². The number of methoxy groups -OCH3 is 2. The van der Waals surface area contributed by atoms with Gasteiger partial charge in [0.15, 0.2) is 5.82 Å². The lowest BCUT2D eigenvalue weighted by atomic mass is 10.1. The maximum atomic E-state index is 13.6. The van der Waals surface area contributed by atoms with Crippen LogP contribution >= 0.6 is 0 Å². The van der Waals surface area contributed by atoms with E-state index in [1.165, 1.54) is 5.56 Å². The van der Waals surface area contributed by atoms with E-state index in [9.17, 15) is 4.79 Å². The quantitative estimate of drug-likeness (QED) is 0.331. The van der Waals surface area contributed by atoms with Gasteiger partial charge in [0.05, 0.1) is 26.5 Å². The minimum atomic E-state index is -0.236. The topological polar surface area (TPSA) is 83.1 Å². The number of aromatic nitrogens is 2. The Morgan fingerprint density at radius 1 is 1.11 bits per heavy atom. The highest BCUT2D eigenvalue weighted by Crippen LogP contribution is 2.40. The van der Waals surface area contributed by atoms with E-state index in [0.717, 1.165) is 37.3 Å². The fourth-order valence-electron chi connectivity index (χ4n) is 4.46. The molecule has 0 atom stereocenters. The Labute approximate surface area is 224 Å². The summed E-state index contributed by atoms with van der Waals surface area (Å²) in [5, 5.41) is 3.29. The number of hydrogen-bond donors (Lipinski definition) is 1. The standard InChI is InChI=1S/C29H36N6O3/c1-6-15-33(8-3)19-21-9-11-23(12-10-21)31-28-30-18-22-20-34(16-7-2)29(36)35(27(22)32-28)25-14-13-24(37-4)17-26(25)38-5/h7,9-14,16-18H,6,8,15,19-20H2,1-5H3,(H,30,31,32)/b16-7-. The molecule has 0 saturated heterocycles.